The topological polar surface area (TPSA) is 54.0 Å². The van der Waals surface area contributed by atoms with E-state index >= 15 is 0 Å². The van der Waals surface area contributed by atoms with E-state index in [9.17, 15) is 9.18 Å². The summed E-state index contributed by atoms with van der Waals surface area (Å²) in [5, 5.41) is 5.27. The molecule has 1 N–H and O–H groups in total. The molecule has 0 radical (unpaired) electrons. The van der Waals surface area contributed by atoms with E-state index in [1.165, 1.54) is 17.0 Å². The number of anilines is 1. The van der Waals surface area contributed by atoms with Crippen molar-refractivity contribution in [1.82, 2.24) is 10.2 Å². The Hall–Kier alpha value is -3.10. The van der Waals surface area contributed by atoms with E-state index < -0.39 is 0 Å². The minimum absolute atomic E-state index is 0.0679. The zero-order valence-electron chi connectivity index (χ0n) is 18.4. The van der Waals surface area contributed by atoms with Crippen molar-refractivity contribution in [3.8, 4) is 11.5 Å². The number of thiophene rings is 1. The van der Waals surface area contributed by atoms with Gasteiger partial charge < -0.3 is 19.7 Å². The highest BCUT2D eigenvalue weighted by atomic mass is 32.1. The maximum absolute atomic E-state index is 13.3. The Bertz CT molecular complexity index is 1100. The third-order valence-corrected chi connectivity index (χ3v) is 7.14. The zero-order chi connectivity index (χ0) is 22.8. The first-order chi connectivity index (χ1) is 16.1. The Morgan fingerprint density at radius 3 is 2.52 bits per heavy atom. The van der Waals surface area contributed by atoms with Crippen LogP contribution in [0.2, 0.25) is 0 Å². The predicted molar refractivity (Wildman–Crippen MR) is 127 cm³/mol. The van der Waals surface area contributed by atoms with E-state index in [0.717, 1.165) is 31.9 Å². The summed E-state index contributed by atoms with van der Waals surface area (Å²) >= 11 is 1.71. The number of halogens is 1. The molecule has 8 heteroatoms. The van der Waals surface area contributed by atoms with Gasteiger partial charge in [0.2, 0.25) is 6.79 Å². The van der Waals surface area contributed by atoms with E-state index in [0.29, 0.717) is 17.1 Å². The normalized spacial score (nSPS) is 17.6. The molecule has 1 aromatic heterocycles. The molecule has 2 aliphatic rings. The van der Waals surface area contributed by atoms with E-state index in [1.54, 1.807) is 29.5 Å². The van der Waals surface area contributed by atoms with Crippen molar-refractivity contribution in [2.45, 2.75) is 19.0 Å². The molecule has 2 aromatic carbocycles. The molecular formula is C25H26FN3O3S. The molecule has 3 aromatic rings. The third-order valence-electron chi connectivity index (χ3n) is 6.20. The number of amides is 1. The van der Waals surface area contributed by atoms with Crippen LogP contribution in [-0.2, 0) is 0 Å². The van der Waals surface area contributed by atoms with Crippen molar-refractivity contribution in [2.24, 2.45) is 0 Å². The molecule has 0 spiro atoms. The second-order valence-electron chi connectivity index (χ2n) is 8.29. The maximum Gasteiger partial charge on any atom is 0.251 e. The first kappa shape index (κ1) is 21.7. The number of ether oxygens (including phenoxy) is 2. The number of carbonyl (C=O) groups is 1. The van der Waals surface area contributed by atoms with Gasteiger partial charge in [0, 0.05) is 48.3 Å². The van der Waals surface area contributed by atoms with Gasteiger partial charge in [0.15, 0.2) is 11.5 Å². The molecule has 5 rings (SSSR count). The second kappa shape index (κ2) is 9.41. The van der Waals surface area contributed by atoms with Crippen LogP contribution in [0.5, 0.6) is 11.5 Å². The number of rotatable bonds is 6. The molecule has 0 unspecified atom stereocenters. The minimum atomic E-state index is -0.220. The monoisotopic (exact) mass is 467 g/mol. The Morgan fingerprint density at radius 2 is 1.79 bits per heavy atom. The summed E-state index contributed by atoms with van der Waals surface area (Å²) in [4.78, 5) is 18.9. The molecule has 0 bridgehead atoms. The lowest BCUT2D eigenvalue weighted by atomic mass is 10.0. The summed E-state index contributed by atoms with van der Waals surface area (Å²) in [5.41, 5.74) is 1.59. The summed E-state index contributed by atoms with van der Waals surface area (Å²) in [6, 6.07) is 16.1. The Kier molecular flexibility index (Phi) is 6.20. The largest absolute Gasteiger partial charge is 0.454 e. The van der Waals surface area contributed by atoms with E-state index in [4.69, 9.17) is 9.47 Å². The maximum atomic E-state index is 13.3. The quantitative estimate of drug-likeness (QED) is 0.586. The highest BCUT2D eigenvalue weighted by Gasteiger charge is 2.31. The predicted octanol–water partition coefficient (Wildman–Crippen LogP) is 4.30. The number of benzene rings is 2. The molecule has 0 saturated carbocycles. The van der Waals surface area contributed by atoms with E-state index in [-0.39, 0.29) is 30.6 Å². The van der Waals surface area contributed by atoms with Crippen LogP contribution >= 0.6 is 11.3 Å². The summed E-state index contributed by atoms with van der Waals surface area (Å²) in [7, 11) is 0. The standard InChI is InChI=1S/C25H26FN3O3S/c1-17(27-25(30)18-4-9-21-22(15-18)32-16-31-21)24(23-3-2-14-33-23)29-12-10-28(11-13-29)20-7-5-19(26)6-8-20/h2-9,14-15,17,24H,10-13,16H2,1H3,(H,27,30)/t17-,24+/m1/s1. The van der Waals surface area contributed by atoms with Crippen molar-refractivity contribution in [2.75, 3.05) is 37.9 Å². The molecule has 1 fully saturated rings. The van der Waals surface area contributed by atoms with Gasteiger partial charge in [0.25, 0.3) is 5.91 Å². The van der Waals surface area contributed by atoms with Crippen LogP contribution in [0.4, 0.5) is 10.1 Å². The Labute approximate surface area is 196 Å². The molecule has 6 nitrogen and oxygen atoms in total. The van der Waals surface area contributed by atoms with Crippen molar-refractivity contribution >= 4 is 22.9 Å². The highest BCUT2D eigenvalue weighted by molar-refractivity contribution is 7.10. The van der Waals surface area contributed by atoms with Crippen LogP contribution in [0.1, 0.15) is 28.2 Å². The molecule has 2 atom stereocenters. The van der Waals surface area contributed by atoms with E-state index in [2.05, 4.69) is 33.5 Å². The van der Waals surface area contributed by atoms with E-state index in [1.807, 2.05) is 18.2 Å². The van der Waals surface area contributed by atoms with Crippen molar-refractivity contribution < 1.29 is 18.7 Å². The van der Waals surface area contributed by atoms with Gasteiger partial charge in [-0.1, -0.05) is 6.07 Å². The Morgan fingerprint density at radius 1 is 1.03 bits per heavy atom. The number of hydrogen-bond donors (Lipinski definition) is 1. The van der Waals surface area contributed by atoms with Crippen LogP contribution < -0.4 is 19.7 Å². The van der Waals surface area contributed by atoms with Crippen LogP contribution in [0, 0.1) is 5.82 Å². The van der Waals surface area contributed by atoms with Gasteiger partial charge in [-0.25, -0.2) is 4.39 Å². The molecule has 172 valence electrons. The van der Waals surface area contributed by atoms with Crippen molar-refractivity contribution in [3.05, 3.63) is 76.2 Å². The number of hydrogen-bond acceptors (Lipinski definition) is 6. The molecule has 2 aliphatic heterocycles. The van der Waals surface area contributed by atoms with Crippen LogP contribution in [0.25, 0.3) is 0 Å². The number of fused-ring (bicyclic) bond motifs is 1. The third kappa shape index (κ3) is 4.67. The first-order valence-corrected chi connectivity index (χ1v) is 11.9. The number of piperazine rings is 1. The van der Waals surface area contributed by atoms with Crippen LogP contribution in [0.15, 0.2) is 60.0 Å². The fourth-order valence-corrected chi connectivity index (χ4v) is 5.48. The molecule has 0 aliphatic carbocycles. The lowest BCUT2D eigenvalue weighted by Crippen LogP contribution is -2.52. The fraction of sp³-hybridized carbons (Fsp3) is 0.320. The lowest BCUT2D eigenvalue weighted by molar-refractivity contribution is 0.0890. The molecule has 1 amide bonds. The minimum Gasteiger partial charge on any atom is -0.454 e. The van der Waals surface area contributed by atoms with Gasteiger partial charge in [-0.3, -0.25) is 9.69 Å². The van der Waals surface area contributed by atoms with Gasteiger partial charge in [-0.2, -0.15) is 0 Å². The molecule has 1 saturated heterocycles. The average Bonchev–Trinajstić information content (AvgIpc) is 3.52. The number of nitrogens with one attached hydrogen (secondary N) is 1. The zero-order valence-corrected chi connectivity index (χ0v) is 19.2. The molecule has 33 heavy (non-hydrogen) atoms. The van der Waals surface area contributed by atoms with Crippen molar-refractivity contribution in [1.29, 1.82) is 0 Å². The summed E-state index contributed by atoms with van der Waals surface area (Å²) in [5.74, 6) is 0.909. The Balaban J connectivity index is 1.28. The lowest BCUT2D eigenvalue weighted by Gasteiger charge is -2.42. The second-order valence-corrected chi connectivity index (χ2v) is 9.27. The van der Waals surface area contributed by atoms with Gasteiger partial charge in [0.05, 0.1) is 6.04 Å². The molecular weight excluding hydrogens is 441 g/mol. The SMILES string of the molecule is C[C@@H](NC(=O)c1ccc2c(c1)OCO2)[C@@H](c1cccs1)N1CCN(c2ccc(F)cc2)CC1. The van der Waals surface area contributed by atoms with Gasteiger partial charge >= 0.3 is 0 Å². The number of nitrogens with zero attached hydrogens (tertiary/aromatic N) is 2. The van der Waals surface area contributed by atoms with Gasteiger partial charge in [-0.15, -0.1) is 11.3 Å². The fourth-order valence-electron chi connectivity index (χ4n) is 4.52. The van der Waals surface area contributed by atoms with Gasteiger partial charge in [0.1, 0.15) is 5.82 Å². The smallest absolute Gasteiger partial charge is 0.251 e. The van der Waals surface area contributed by atoms with Gasteiger partial charge in [-0.05, 0) is 60.8 Å². The highest BCUT2D eigenvalue weighted by Crippen LogP contribution is 2.33. The van der Waals surface area contributed by atoms with Crippen LogP contribution in [0.3, 0.4) is 0 Å². The summed E-state index contributed by atoms with van der Waals surface area (Å²) in [6.45, 7) is 5.63. The summed E-state index contributed by atoms with van der Waals surface area (Å²) in [6.07, 6.45) is 0. The number of carbonyl (C=O) groups excluding carboxylic acids is 1. The summed E-state index contributed by atoms with van der Waals surface area (Å²) < 4.78 is 24.0. The first-order valence-electron chi connectivity index (χ1n) is 11.1. The van der Waals surface area contributed by atoms with Crippen LogP contribution in [-0.4, -0.2) is 49.8 Å². The average molecular weight is 468 g/mol. The van der Waals surface area contributed by atoms with Crippen molar-refractivity contribution in [3.63, 3.8) is 0 Å². The molecule has 3 heterocycles.